The van der Waals surface area contributed by atoms with Gasteiger partial charge in [-0.25, -0.2) is 9.97 Å². The summed E-state index contributed by atoms with van der Waals surface area (Å²) in [5.41, 5.74) is 1.55. The highest BCUT2D eigenvalue weighted by atomic mass is 35.5. The summed E-state index contributed by atoms with van der Waals surface area (Å²) in [6.07, 6.45) is 7.01. The second kappa shape index (κ2) is 6.30. The third kappa shape index (κ3) is 3.20. The minimum atomic E-state index is -0.216. The van der Waals surface area contributed by atoms with Gasteiger partial charge >= 0.3 is 0 Å². The van der Waals surface area contributed by atoms with Crippen LogP contribution in [0.3, 0.4) is 0 Å². The molecule has 1 aliphatic rings. The molecular weight excluding hydrogens is 329 g/mol. The van der Waals surface area contributed by atoms with Crippen LogP contribution in [0, 0.1) is 0 Å². The van der Waals surface area contributed by atoms with Crippen molar-refractivity contribution in [1.82, 2.24) is 9.97 Å². The average molecular weight is 342 g/mol. The molecule has 4 nitrogen and oxygen atoms in total. The first-order chi connectivity index (χ1) is 10.1. The van der Waals surface area contributed by atoms with Crippen molar-refractivity contribution in [2.75, 3.05) is 5.32 Å². The number of halogens is 2. The van der Waals surface area contributed by atoms with Crippen LogP contribution in [0.4, 0.5) is 5.69 Å². The van der Waals surface area contributed by atoms with E-state index in [0.29, 0.717) is 4.88 Å². The zero-order valence-corrected chi connectivity index (χ0v) is 13.5. The van der Waals surface area contributed by atoms with Crippen molar-refractivity contribution >= 4 is 46.1 Å². The van der Waals surface area contributed by atoms with Gasteiger partial charge in [0.25, 0.3) is 5.91 Å². The minimum absolute atomic E-state index is 0.140. The number of fused-ring (bicyclic) bond motifs is 1. The van der Waals surface area contributed by atoms with Gasteiger partial charge in [-0.3, -0.25) is 4.79 Å². The molecule has 0 saturated carbocycles. The standard InChI is InChI=1S/C14H13Cl2N3OS/c15-12-11(13(16)18-7-17-12)19-14(20)10-6-8-4-2-1-3-5-9(8)21-10/h6-7H,1-5H2,(H,19,20). The molecule has 1 amide bonds. The third-order valence-electron chi connectivity index (χ3n) is 3.46. The van der Waals surface area contributed by atoms with Gasteiger partial charge in [-0.15, -0.1) is 11.3 Å². The molecule has 0 radical (unpaired) electrons. The van der Waals surface area contributed by atoms with Gasteiger partial charge in [0, 0.05) is 4.88 Å². The second-order valence-electron chi connectivity index (χ2n) is 4.90. The lowest BCUT2D eigenvalue weighted by molar-refractivity contribution is 0.103. The quantitative estimate of drug-likeness (QED) is 0.651. The number of hydrogen-bond acceptors (Lipinski definition) is 4. The van der Waals surface area contributed by atoms with Crippen LogP contribution in [-0.2, 0) is 12.8 Å². The largest absolute Gasteiger partial charge is 0.316 e. The van der Waals surface area contributed by atoms with Gasteiger partial charge in [-0.2, -0.15) is 0 Å². The molecule has 2 aromatic rings. The van der Waals surface area contributed by atoms with Gasteiger partial charge in [0.1, 0.15) is 12.0 Å². The summed E-state index contributed by atoms with van der Waals surface area (Å²) in [7, 11) is 0. The van der Waals surface area contributed by atoms with Crippen LogP contribution in [0.1, 0.15) is 39.4 Å². The van der Waals surface area contributed by atoms with E-state index in [-0.39, 0.29) is 21.9 Å². The van der Waals surface area contributed by atoms with Gasteiger partial charge in [0.05, 0.1) is 4.88 Å². The fourth-order valence-corrected chi connectivity index (χ4v) is 3.96. The molecule has 21 heavy (non-hydrogen) atoms. The van der Waals surface area contributed by atoms with Crippen LogP contribution < -0.4 is 5.32 Å². The fourth-order valence-electron chi connectivity index (χ4n) is 2.40. The highest BCUT2D eigenvalue weighted by Gasteiger charge is 2.18. The second-order valence-corrected chi connectivity index (χ2v) is 6.76. The van der Waals surface area contributed by atoms with Crippen LogP contribution >= 0.6 is 34.5 Å². The van der Waals surface area contributed by atoms with E-state index in [1.165, 1.54) is 36.0 Å². The Morgan fingerprint density at radius 1 is 1.14 bits per heavy atom. The first kappa shape index (κ1) is 14.8. The van der Waals surface area contributed by atoms with Gasteiger partial charge in [0.15, 0.2) is 10.3 Å². The van der Waals surface area contributed by atoms with E-state index in [0.717, 1.165) is 12.8 Å². The number of rotatable bonds is 2. The summed E-state index contributed by atoms with van der Waals surface area (Å²) in [4.78, 5) is 22.0. The Balaban J connectivity index is 1.83. The van der Waals surface area contributed by atoms with Crippen molar-refractivity contribution in [3.05, 3.63) is 38.0 Å². The Hall–Kier alpha value is -1.17. The number of thiophene rings is 1. The first-order valence-electron chi connectivity index (χ1n) is 6.74. The van der Waals surface area contributed by atoms with Crippen molar-refractivity contribution in [1.29, 1.82) is 0 Å². The molecule has 110 valence electrons. The molecule has 3 rings (SSSR count). The molecule has 1 N–H and O–H groups in total. The van der Waals surface area contributed by atoms with Crippen molar-refractivity contribution in [3.8, 4) is 0 Å². The van der Waals surface area contributed by atoms with Gasteiger partial charge < -0.3 is 5.32 Å². The zero-order chi connectivity index (χ0) is 14.8. The first-order valence-corrected chi connectivity index (χ1v) is 8.31. The SMILES string of the molecule is O=C(Nc1c(Cl)ncnc1Cl)c1cc2c(s1)CCCCC2. The van der Waals surface area contributed by atoms with Crippen LogP contribution in [0.5, 0.6) is 0 Å². The molecule has 2 aromatic heterocycles. The monoisotopic (exact) mass is 341 g/mol. The summed E-state index contributed by atoms with van der Waals surface area (Å²) in [6.45, 7) is 0. The molecule has 0 saturated heterocycles. The summed E-state index contributed by atoms with van der Waals surface area (Å²) >= 11 is 13.4. The van der Waals surface area contributed by atoms with Gasteiger partial charge in [-0.1, -0.05) is 29.6 Å². The Kier molecular flexibility index (Phi) is 4.42. The number of carbonyl (C=O) groups is 1. The summed E-state index contributed by atoms with van der Waals surface area (Å²) in [5.74, 6) is -0.216. The lowest BCUT2D eigenvalue weighted by atomic mass is 10.1. The maximum Gasteiger partial charge on any atom is 0.265 e. The lowest BCUT2D eigenvalue weighted by Gasteiger charge is -2.06. The third-order valence-corrected chi connectivity index (χ3v) is 5.27. The number of aromatic nitrogens is 2. The van der Waals surface area contributed by atoms with E-state index >= 15 is 0 Å². The maximum atomic E-state index is 12.3. The van der Waals surface area contributed by atoms with Crippen molar-refractivity contribution in [2.24, 2.45) is 0 Å². The molecular formula is C14H13Cl2N3OS. The predicted octanol–water partition coefficient (Wildman–Crippen LogP) is 4.37. The molecule has 0 atom stereocenters. The van der Waals surface area contributed by atoms with Gasteiger partial charge in [0.2, 0.25) is 0 Å². The van der Waals surface area contributed by atoms with E-state index < -0.39 is 0 Å². The maximum absolute atomic E-state index is 12.3. The molecule has 2 heterocycles. The molecule has 7 heteroatoms. The highest BCUT2D eigenvalue weighted by Crippen LogP contribution is 2.31. The van der Waals surface area contributed by atoms with Crippen molar-refractivity contribution < 1.29 is 4.79 Å². The van der Waals surface area contributed by atoms with Crippen LogP contribution in [-0.4, -0.2) is 15.9 Å². The Bertz CT molecular complexity index is 643. The zero-order valence-electron chi connectivity index (χ0n) is 11.2. The fraction of sp³-hybridized carbons (Fsp3) is 0.357. The molecule has 0 spiro atoms. The molecule has 0 unspecified atom stereocenters. The molecule has 1 aliphatic carbocycles. The van der Waals surface area contributed by atoms with Crippen LogP contribution in [0.25, 0.3) is 0 Å². The predicted molar refractivity (Wildman–Crippen MR) is 85.6 cm³/mol. The summed E-state index contributed by atoms with van der Waals surface area (Å²) in [6, 6.07) is 1.98. The number of nitrogens with one attached hydrogen (secondary N) is 1. The Morgan fingerprint density at radius 3 is 2.62 bits per heavy atom. The number of anilines is 1. The van der Waals surface area contributed by atoms with Gasteiger partial charge in [-0.05, 0) is 37.3 Å². The van der Waals surface area contributed by atoms with Crippen LogP contribution in [0.2, 0.25) is 10.3 Å². The highest BCUT2D eigenvalue weighted by molar-refractivity contribution is 7.14. The average Bonchev–Trinajstić information content (AvgIpc) is 2.74. The number of carbonyl (C=O) groups excluding carboxylic acids is 1. The smallest absolute Gasteiger partial charge is 0.265 e. The molecule has 0 fully saturated rings. The number of nitrogens with zero attached hydrogens (tertiary/aromatic N) is 2. The molecule has 0 bridgehead atoms. The number of hydrogen-bond donors (Lipinski definition) is 1. The topological polar surface area (TPSA) is 54.9 Å². The van der Waals surface area contributed by atoms with E-state index in [1.807, 2.05) is 6.07 Å². The summed E-state index contributed by atoms with van der Waals surface area (Å²) < 4.78 is 0. The Morgan fingerprint density at radius 2 is 1.86 bits per heavy atom. The minimum Gasteiger partial charge on any atom is -0.316 e. The van der Waals surface area contributed by atoms with E-state index in [1.54, 1.807) is 11.3 Å². The Labute approximate surface area is 136 Å². The number of aryl methyl sites for hydroxylation is 2. The molecule has 0 aromatic carbocycles. The van der Waals surface area contributed by atoms with Crippen molar-refractivity contribution in [2.45, 2.75) is 32.1 Å². The summed E-state index contributed by atoms with van der Waals surface area (Å²) in [5, 5.41) is 2.98. The number of amides is 1. The van der Waals surface area contributed by atoms with E-state index in [4.69, 9.17) is 23.2 Å². The van der Waals surface area contributed by atoms with E-state index in [2.05, 4.69) is 15.3 Å². The van der Waals surface area contributed by atoms with Crippen molar-refractivity contribution in [3.63, 3.8) is 0 Å². The van der Waals surface area contributed by atoms with E-state index in [9.17, 15) is 4.79 Å². The lowest BCUT2D eigenvalue weighted by Crippen LogP contribution is -2.12. The molecule has 0 aliphatic heterocycles. The van der Waals surface area contributed by atoms with Crippen LogP contribution in [0.15, 0.2) is 12.4 Å². The normalized spacial score (nSPS) is 14.4.